The van der Waals surface area contributed by atoms with Crippen LogP contribution in [0.15, 0.2) is 18.2 Å². The minimum absolute atomic E-state index is 0.00340. The normalized spacial score (nSPS) is 16.2. The molecule has 1 aromatic carbocycles. The van der Waals surface area contributed by atoms with E-state index in [9.17, 15) is 4.79 Å². The number of carbonyl (C=O) groups is 1. The maximum atomic E-state index is 12.1. The lowest BCUT2D eigenvalue weighted by atomic mass is 10.1. The van der Waals surface area contributed by atoms with Crippen molar-refractivity contribution in [2.45, 2.75) is 32.2 Å². The molecule has 6 nitrogen and oxygen atoms in total. The molecule has 116 valence electrons. The van der Waals surface area contributed by atoms with Gasteiger partial charge >= 0.3 is 6.03 Å². The number of carbonyl (C=O) groups excluding carboxylic acids is 1. The van der Waals surface area contributed by atoms with Crippen LogP contribution < -0.4 is 15.4 Å². The first-order chi connectivity index (χ1) is 10.7. The van der Waals surface area contributed by atoms with Crippen LogP contribution in [0.4, 0.5) is 9.93 Å². The molecule has 0 saturated heterocycles. The van der Waals surface area contributed by atoms with Crippen LogP contribution in [-0.2, 0) is 12.8 Å². The first kappa shape index (κ1) is 14.8. The number of benzene rings is 1. The first-order valence-electron chi connectivity index (χ1n) is 7.27. The van der Waals surface area contributed by atoms with Crippen LogP contribution in [-0.4, -0.2) is 23.3 Å². The lowest BCUT2D eigenvalue weighted by Gasteiger charge is -2.14. The number of aromatic nitrogens is 2. The molecule has 1 aliphatic rings. The third-order valence-electron chi connectivity index (χ3n) is 3.74. The van der Waals surface area contributed by atoms with Gasteiger partial charge in [0.1, 0.15) is 10.8 Å². The van der Waals surface area contributed by atoms with Crippen LogP contribution in [0.3, 0.4) is 0 Å². The summed E-state index contributed by atoms with van der Waals surface area (Å²) in [6.45, 7) is 2.01. The van der Waals surface area contributed by atoms with Crippen molar-refractivity contribution >= 4 is 22.5 Å². The van der Waals surface area contributed by atoms with Gasteiger partial charge < -0.3 is 10.1 Å². The summed E-state index contributed by atoms with van der Waals surface area (Å²) >= 11 is 1.40. The molecule has 0 aliphatic heterocycles. The minimum Gasteiger partial charge on any atom is -0.496 e. The highest BCUT2D eigenvalue weighted by atomic mass is 32.1. The Kier molecular flexibility index (Phi) is 4.24. The Bertz CT molecular complexity index is 686. The lowest BCUT2D eigenvalue weighted by molar-refractivity contribution is 0.248. The summed E-state index contributed by atoms with van der Waals surface area (Å²) in [5.41, 5.74) is 2.31. The number of rotatable bonds is 4. The molecule has 1 unspecified atom stereocenters. The van der Waals surface area contributed by atoms with Crippen molar-refractivity contribution in [2.24, 2.45) is 0 Å². The van der Waals surface area contributed by atoms with E-state index in [4.69, 9.17) is 4.74 Å². The van der Waals surface area contributed by atoms with E-state index in [1.54, 1.807) is 7.11 Å². The van der Waals surface area contributed by atoms with Gasteiger partial charge in [-0.15, -0.1) is 10.2 Å². The van der Waals surface area contributed by atoms with Crippen LogP contribution >= 0.6 is 11.3 Å². The summed E-state index contributed by atoms with van der Waals surface area (Å²) in [5.74, 6) is 0.888. The monoisotopic (exact) mass is 318 g/mol. The Morgan fingerprint density at radius 2 is 2.32 bits per heavy atom. The van der Waals surface area contributed by atoms with Gasteiger partial charge in [-0.1, -0.05) is 30.4 Å². The number of aryl methyl sites for hydroxylation is 1. The molecule has 0 saturated carbocycles. The number of nitrogens with one attached hydrogen (secondary N) is 2. The number of methoxy groups -OCH3 is 1. The SMILES string of the molecule is CCc1nnc(NC(=O)NC2CCc3c(OC)cccc32)s1. The lowest BCUT2D eigenvalue weighted by Crippen LogP contribution is -2.31. The topological polar surface area (TPSA) is 76.1 Å². The molecule has 0 spiro atoms. The van der Waals surface area contributed by atoms with Crippen LogP contribution in [0.2, 0.25) is 0 Å². The predicted molar refractivity (Wildman–Crippen MR) is 85.5 cm³/mol. The third-order valence-corrected chi connectivity index (χ3v) is 4.73. The highest BCUT2D eigenvalue weighted by Gasteiger charge is 2.26. The highest BCUT2D eigenvalue weighted by Crippen LogP contribution is 2.36. The van der Waals surface area contributed by atoms with E-state index < -0.39 is 0 Å². The zero-order valence-corrected chi connectivity index (χ0v) is 13.4. The number of hydrogen-bond acceptors (Lipinski definition) is 5. The van der Waals surface area contributed by atoms with Gasteiger partial charge in [-0.25, -0.2) is 4.79 Å². The average Bonchev–Trinajstić information content (AvgIpc) is 3.14. The molecular weight excluding hydrogens is 300 g/mol. The molecule has 2 N–H and O–H groups in total. The van der Waals surface area contributed by atoms with Gasteiger partial charge in [-0.2, -0.15) is 0 Å². The molecule has 2 aromatic rings. The fraction of sp³-hybridized carbons (Fsp3) is 0.400. The number of amides is 2. The second kappa shape index (κ2) is 6.31. The molecule has 1 aliphatic carbocycles. The summed E-state index contributed by atoms with van der Waals surface area (Å²) in [5, 5.41) is 15.1. The summed E-state index contributed by atoms with van der Waals surface area (Å²) in [6.07, 6.45) is 2.60. The number of nitrogens with zero attached hydrogens (tertiary/aromatic N) is 2. The third kappa shape index (κ3) is 2.89. The van der Waals surface area contributed by atoms with Crippen molar-refractivity contribution in [1.82, 2.24) is 15.5 Å². The zero-order chi connectivity index (χ0) is 15.5. The summed E-state index contributed by atoms with van der Waals surface area (Å²) in [6, 6.07) is 5.70. The molecule has 1 atom stereocenters. The molecule has 1 heterocycles. The number of hydrogen-bond donors (Lipinski definition) is 2. The van der Waals surface area contributed by atoms with Gasteiger partial charge in [0, 0.05) is 0 Å². The van der Waals surface area contributed by atoms with Gasteiger partial charge in [-0.05, 0) is 36.5 Å². The van der Waals surface area contributed by atoms with Crippen molar-refractivity contribution < 1.29 is 9.53 Å². The molecule has 1 aromatic heterocycles. The van der Waals surface area contributed by atoms with Crippen LogP contribution in [0, 0.1) is 0 Å². The minimum atomic E-state index is -0.250. The molecule has 7 heteroatoms. The largest absolute Gasteiger partial charge is 0.496 e. The fourth-order valence-electron chi connectivity index (χ4n) is 2.70. The molecule has 0 fully saturated rings. The predicted octanol–water partition coefficient (Wildman–Crippen LogP) is 2.92. The van der Waals surface area contributed by atoms with Gasteiger partial charge in [0.2, 0.25) is 5.13 Å². The van der Waals surface area contributed by atoms with Gasteiger partial charge in [-0.3, -0.25) is 5.32 Å². The van der Waals surface area contributed by atoms with Crippen LogP contribution in [0.25, 0.3) is 0 Å². The van der Waals surface area contributed by atoms with Crippen molar-refractivity contribution in [1.29, 1.82) is 0 Å². The standard InChI is InChI=1S/C15H18N4O2S/c1-3-13-18-19-15(22-13)17-14(20)16-11-8-7-10-9(11)5-4-6-12(10)21-2/h4-6,11H,3,7-8H2,1-2H3,(H2,16,17,19,20). The second-order valence-electron chi connectivity index (χ2n) is 5.07. The number of urea groups is 1. The fourth-order valence-corrected chi connectivity index (χ4v) is 3.37. The van der Waals surface area contributed by atoms with E-state index in [-0.39, 0.29) is 12.1 Å². The van der Waals surface area contributed by atoms with Gasteiger partial charge in [0.05, 0.1) is 13.2 Å². The van der Waals surface area contributed by atoms with E-state index in [0.717, 1.165) is 35.6 Å². The van der Waals surface area contributed by atoms with Crippen molar-refractivity contribution in [3.63, 3.8) is 0 Å². The highest BCUT2D eigenvalue weighted by molar-refractivity contribution is 7.15. The summed E-state index contributed by atoms with van der Waals surface area (Å²) < 4.78 is 5.38. The smallest absolute Gasteiger partial charge is 0.321 e. The van der Waals surface area contributed by atoms with E-state index in [0.29, 0.717) is 5.13 Å². The Morgan fingerprint density at radius 1 is 1.45 bits per heavy atom. The maximum absolute atomic E-state index is 12.1. The quantitative estimate of drug-likeness (QED) is 0.909. The number of ether oxygens (including phenoxy) is 1. The Hall–Kier alpha value is -2.15. The average molecular weight is 318 g/mol. The van der Waals surface area contributed by atoms with Gasteiger partial charge in [0.15, 0.2) is 0 Å². The van der Waals surface area contributed by atoms with Crippen molar-refractivity contribution in [3.05, 3.63) is 34.3 Å². The van der Waals surface area contributed by atoms with Crippen LogP contribution in [0.1, 0.15) is 35.5 Å². The number of fused-ring (bicyclic) bond motifs is 1. The maximum Gasteiger partial charge on any atom is 0.321 e. The van der Waals surface area contributed by atoms with E-state index in [1.807, 2.05) is 25.1 Å². The molecular formula is C15H18N4O2S. The molecule has 22 heavy (non-hydrogen) atoms. The zero-order valence-electron chi connectivity index (χ0n) is 12.5. The van der Waals surface area contributed by atoms with Crippen LogP contribution in [0.5, 0.6) is 5.75 Å². The molecule has 2 amide bonds. The van der Waals surface area contributed by atoms with E-state index in [2.05, 4.69) is 20.8 Å². The molecule has 0 radical (unpaired) electrons. The summed E-state index contributed by atoms with van der Waals surface area (Å²) in [7, 11) is 1.67. The number of anilines is 1. The van der Waals surface area contributed by atoms with Crippen molar-refractivity contribution in [3.8, 4) is 5.75 Å². The first-order valence-corrected chi connectivity index (χ1v) is 8.08. The van der Waals surface area contributed by atoms with E-state index >= 15 is 0 Å². The Balaban J connectivity index is 1.66. The molecule has 0 bridgehead atoms. The molecule has 3 rings (SSSR count). The van der Waals surface area contributed by atoms with Gasteiger partial charge in [0.25, 0.3) is 0 Å². The Labute approximate surface area is 132 Å². The summed E-state index contributed by atoms with van der Waals surface area (Å²) in [4.78, 5) is 12.1. The second-order valence-corrected chi connectivity index (χ2v) is 6.13. The van der Waals surface area contributed by atoms with E-state index in [1.165, 1.54) is 16.9 Å². The van der Waals surface area contributed by atoms with Crippen molar-refractivity contribution in [2.75, 3.05) is 12.4 Å². The Morgan fingerprint density at radius 3 is 3.05 bits per heavy atom.